The van der Waals surface area contributed by atoms with Gasteiger partial charge < -0.3 is 14.0 Å². The number of aromatic nitrogens is 1. The molecule has 5 nitrogen and oxygen atoms in total. The predicted molar refractivity (Wildman–Crippen MR) is 129 cm³/mol. The predicted octanol–water partition coefficient (Wildman–Crippen LogP) is 5.87. The maximum absolute atomic E-state index is 13.0. The van der Waals surface area contributed by atoms with E-state index < -0.39 is 6.04 Å². The van der Waals surface area contributed by atoms with Gasteiger partial charge >= 0.3 is 11.9 Å². The SMILES string of the molecule is CCOC(=O)[C@H](Cc1ccc(OC(C)=O)cc1)n1cc2c(c1)[C@@]1(C)CCCC(C)(C)C1C=C2. The van der Waals surface area contributed by atoms with Crippen LogP contribution in [0.5, 0.6) is 5.75 Å². The zero-order valence-corrected chi connectivity index (χ0v) is 20.4. The standard InChI is InChI=1S/C28H35NO4/c1-6-32-26(31)24(16-20-8-11-22(12-9-20)33-19(2)30)29-17-21-10-13-25-27(3,4)14-7-15-28(25,5)23(21)18-29/h8-13,17-18,24-25H,6-7,14-16H2,1-5H3/t24-,25?,28+/m0/s1. The second kappa shape index (κ2) is 8.85. The van der Waals surface area contributed by atoms with E-state index in [2.05, 4.69) is 45.3 Å². The lowest BCUT2D eigenvalue weighted by atomic mass is 9.53. The molecule has 0 bridgehead atoms. The summed E-state index contributed by atoms with van der Waals surface area (Å²) in [6, 6.07) is 6.86. The fourth-order valence-corrected chi connectivity index (χ4v) is 5.97. The third-order valence-corrected chi connectivity index (χ3v) is 7.54. The van der Waals surface area contributed by atoms with E-state index in [1.807, 2.05) is 23.6 Å². The number of nitrogens with zero attached hydrogens (tertiary/aromatic N) is 1. The Morgan fingerprint density at radius 3 is 2.52 bits per heavy atom. The normalized spacial score (nSPS) is 23.8. The van der Waals surface area contributed by atoms with Gasteiger partial charge in [0.25, 0.3) is 0 Å². The molecular formula is C28H35NO4. The van der Waals surface area contributed by atoms with E-state index in [9.17, 15) is 9.59 Å². The van der Waals surface area contributed by atoms with Crippen molar-refractivity contribution in [2.75, 3.05) is 6.61 Å². The maximum Gasteiger partial charge on any atom is 0.329 e. The number of benzene rings is 1. The van der Waals surface area contributed by atoms with E-state index in [0.29, 0.717) is 24.7 Å². The number of hydrogen-bond donors (Lipinski definition) is 0. The number of carbonyl (C=O) groups excluding carboxylic acids is 2. The van der Waals surface area contributed by atoms with Crippen molar-refractivity contribution in [2.45, 2.75) is 71.8 Å². The Balaban J connectivity index is 1.65. The highest BCUT2D eigenvalue weighted by atomic mass is 16.5. The minimum atomic E-state index is -0.456. The average molecular weight is 450 g/mol. The molecule has 1 unspecified atom stereocenters. The molecule has 1 fully saturated rings. The molecule has 0 saturated heterocycles. The van der Waals surface area contributed by atoms with Crippen molar-refractivity contribution in [3.63, 3.8) is 0 Å². The van der Waals surface area contributed by atoms with Crippen molar-refractivity contribution in [2.24, 2.45) is 11.3 Å². The van der Waals surface area contributed by atoms with Crippen LogP contribution in [0.1, 0.15) is 76.6 Å². The van der Waals surface area contributed by atoms with Crippen LogP contribution in [0, 0.1) is 11.3 Å². The van der Waals surface area contributed by atoms with E-state index in [0.717, 1.165) is 12.0 Å². The summed E-state index contributed by atoms with van der Waals surface area (Å²) in [5.41, 5.74) is 3.84. The van der Waals surface area contributed by atoms with Crippen molar-refractivity contribution in [1.82, 2.24) is 4.57 Å². The summed E-state index contributed by atoms with van der Waals surface area (Å²) in [5.74, 6) is 0.399. The fourth-order valence-electron chi connectivity index (χ4n) is 5.97. The summed E-state index contributed by atoms with van der Waals surface area (Å²) in [6.07, 6.45) is 13.0. The van der Waals surface area contributed by atoms with Crippen LogP contribution in [-0.2, 0) is 26.2 Å². The zero-order valence-electron chi connectivity index (χ0n) is 20.4. The van der Waals surface area contributed by atoms with Gasteiger partial charge in [-0.05, 0) is 59.9 Å². The minimum Gasteiger partial charge on any atom is -0.464 e. The largest absolute Gasteiger partial charge is 0.464 e. The lowest BCUT2D eigenvalue weighted by Gasteiger charge is -2.51. The van der Waals surface area contributed by atoms with Gasteiger partial charge in [0.05, 0.1) is 6.61 Å². The molecule has 33 heavy (non-hydrogen) atoms. The molecule has 176 valence electrons. The Labute approximate surface area is 196 Å². The molecule has 1 aromatic carbocycles. The highest BCUT2D eigenvalue weighted by Gasteiger charge is 2.48. The van der Waals surface area contributed by atoms with E-state index in [4.69, 9.17) is 9.47 Å². The van der Waals surface area contributed by atoms with Crippen molar-refractivity contribution in [3.05, 3.63) is 59.4 Å². The molecule has 1 aromatic heterocycles. The maximum atomic E-state index is 13.0. The number of allylic oxidation sites excluding steroid dienone is 1. The highest BCUT2D eigenvalue weighted by molar-refractivity contribution is 5.75. The van der Waals surface area contributed by atoms with Crippen molar-refractivity contribution in [3.8, 4) is 5.75 Å². The van der Waals surface area contributed by atoms with E-state index in [1.54, 1.807) is 12.1 Å². The minimum absolute atomic E-state index is 0.0714. The first-order chi connectivity index (χ1) is 15.6. The molecule has 4 rings (SSSR count). The third-order valence-electron chi connectivity index (χ3n) is 7.54. The Hall–Kier alpha value is -2.82. The average Bonchev–Trinajstić information content (AvgIpc) is 3.18. The van der Waals surface area contributed by atoms with Crippen LogP contribution in [0.25, 0.3) is 6.08 Å². The van der Waals surface area contributed by atoms with Crippen molar-refractivity contribution in [1.29, 1.82) is 0 Å². The van der Waals surface area contributed by atoms with E-state index in [1.165, 1.54) is 30.9 Å². The van der Waals surface area contributed by atoms with Crippen LogP contribution in [0.15, 0.2) is 42.7 Å². The van der Waals surface area contributed by atoms with Gasteiger partial charge in [0, 0.05) is 31.2 Å². The van der Waals surface area contributed by atoms with Gasteiger partial charge in [-0.3, -0.25) is 4.79 Å². The van der Waals surface area contributed by atoms with E-state index >= 15 is 0 Å². The summed E-state index contributed by atoms with van der Waals surface area (Å²) in [4.78, 5) is 24.2. The van der Waals surface area contributed by atoms with Crippen molar-refractivity contribution < 1.29 is 19.1 Å². The molecule has 0 amide bonds. The third kappa shape index (κ3) is 4.50. The van der Waals surface area contributed by atoms with Gasteiger partial charge in [-0.2, -0.15) is 0 Å². The molecule has 2 aliphatic rings. The number of ether oxygens (including phenoxy) is 2. The highest BCUT2D eigenvalue weighted by Crippen LogP contribution is 2.56. The Morgan fingerprint density at radius 1 is 1.12 bits per heavy atom. The van der Waals surface area contributed by atoms with Crippen LogP contribution < -0.4 is 4.74 Å². The molecule has 0 N–H and O–H groups in total. The van der Waals surface area contributed by atoms with Gasteiger partial charge in [0.15, 0.2) is 0 Å². The first-order valence-corrected chi connectivity index (χ1v) is 12.0. The summed E-state index contributed by atoms with van der Waals surface area (Å²) in [6.45, 7) is 10.7. The van der Waals surface area contributed by atoms with E-state index in [-0.39, 0.29) is 22.8 Å². The molecular weight excluding hydrogens is 414 g/mol. The molecule has 1 saturated carbocycles. The molecule has 0 radical (unpaired) electrons. The number of esters is 2. The fraction of sp³-hybridized carbons (Fsp3) is 0.500. The number of rotatable bonds is 6. The molecule has 2 aliphatic carbocycles. The second-order valence-corrected chi connectivity index (χ2v) is 10.4. The summed E-state index contributed by atoms with van der Waals surface area (Å²) in [5, 5.41) is 0. The summed E-state index contributed by atoms with van der Waals surface area (Å²) in [7, 11) is 0. The van der Waals surface area contributed by atoms with Gasteiger partial charge in [-0.15, -0.1) is 0 Å². The van der Waals surface area contributed by atoms with Crippen LogP contribution in [0.3, 0.4) is 0 Å². The Bertz CT molecular complexity index is 1060. The molecule has 5 heteroatoms. The second-order valence-electron chi connectivity index (χ2n) is 10.4. The molecule has 2 aromatic rings. The Kier molecular flexibility index (Phi) is 6.26. The quantitative estimate of drug-likeness (QED) is 0.409. The molecule has 3 atom stereocenters. The van der Waals surface area contributed by atoms with Crippen LogP contribution in [0.4, 0.5) is 0 Å². The van der Waals surface area contributed by atoms with Crippen LogP contribution in [0.2, 0.25) is 0 Å². The smallest absolute Gasteiger partial charge is 0.329 e. The topological polar surface area (TPSA) is 57.5 Å². The number of hydrogen-bond acceptors (Lipinski definition) is 4. The molecule has 0 aliphatic heterocycles. The lowest BCUT2D eigenvalue weighted by Crippen LogP contribution is -2.45. The number of carbonyl (C=O) groups is 2. The summed E-state index contributed by atoms with van der Waals surface area (Å²) >= 11 is 0. The van der Waals surface area contributed by atoms with Crippen LogP contribution >= 0.6 is 0 Å². The monoisotopic (exact) mass is 449 g/mol. The number of fused-ring (bicyclic) bond motifs is 3. The zero-order chi connectivity index (χ0) is 23.8. The molecule has 0 spiro atoms. The molecule has 1 heterocycles. The first kappa shape index (κ1) is 23.3. The first-order valence-electron chi connectivity index (χ1n) is 12.0. The summed E-state index contributed by atoms with van der Waals surface area (Å²) < 4.78 is 12.6. The van der Waals surface area contributed by atoms with Gasteiger partial charge in [-0.25, -0.2) is 4.79 Å². The van der Waals surface area contributed by atoms with Crippen molar-refractivity contribution >= 4 is 18.0 Å². The van der Waals surface area contributed by atoms with Gasteiger partial charge in [0.2, 0.25) is 0 Å². The van der Waals surface area contributed by atoms with Crippen LogP contribution in [-0.4, -0.2) is 23.1 Å². The lowest BCUT2D eigenvalue weighted by molar-refractivity contribution is -0.147. The van der Waals surface area contributed by atoms with Gasteiger partial charge in [-0.1, -0.05) is 51.5 Å². The van der Waals surface area contributed by atoms with Gasteiger partial charge in [0.1, 0.15) is 11.8 Å². The Morgan fingerprint density at radius 2 is 1.85 bits per heavy atom.